The Labute approximate surface area is 85.2 Å². The first kappa shape index (κ1) is 13.3. The fraction of sp³-hybridized carbons (Fsp3) is 0.500. The maximum absolute atomic E-state index is 10.9. The van der Waals surface area contributed by atoms with Gasteiger partial charge in [-0.3, -0.25) is 9.59 Å². The van der Waals surface area contributed by atoms with Gasteiger partial charge in [0.25, 0.3) is 0 Å². The fourth-order valence-electron chi connectivity index (χ4n) is 0.697. The number of hydrogen-bond acceptors (Lipinski definition) is 5. The zero-order valence-corrected chi connectivity index (χ0v) is 8.19. The van der Waals surface area contributed by atoms with Crippen molar-refractivity contribution in [1.29, 1.82) is 5.26 Å². The molecule has 9 heteroatoms. The molecular formula is C6H8N2O6S. The van der Waals surface area contributed by atoms with Gasteiger partial charge in [0, 0.05) is 0 Å². The summed E-state index contributed by atoms with van der Waals surface area (Å²) in [6.45, 7) is 0. The number of sulfonamides is 1. The second-order valence-corrected chi connectivity index (χ2v) is 4.28. The van der Waals surface area contributed by atoms with Gasteiger partial charge in [-0.2, -0.15) is 9.98 Å². The quantitative estimate of drug-likeness (QED) is 0.501. The average Bonchev–Trinajstić information content (AvgIpc) is 2.00. The highest BCUT2D eigenvalue weighted by atomic mass is 32.2. The molecule has 0 aromatic carbocycles. The van der Waals surface area contributed by atoms with Gasteiger partial charge in [-0.05, 0) is 0 Å². The minimum Gasteiger partial charge on any atom is -0.481 e. The lowest BCUT2D eigenvalue weighted by Gasteiger charge is -2.10. The third kappa shape index (κ3) is 5.61. The Morgan fingerprint density at radius 2 is 1.93 bits per heavy atom. The Morgan fingerprint density at radius 1 is 1.40 bits per heavy atom. The highest BCUT2D eigenvalue weighted by Crippen LogP contribution is 1.96. The van der Waals surface area contributed by atoms with Crippen LogP contribution in [0.1, 0.15) is 6.42 Å². The predicted molar refractivity (Wildman–Crippen MR) is 46.2 cm³/mol. The van der Waals surface area contributed by atoms with Gasteiger partial charge in [-0.1, -0.05) is 0 Å². The molecule has 0 heterocycles. The van der Waals surface area contributed by atoms with E-state index in [1.807, 2.05) is 0 Å². The van der Waals surface area contributed by atoms with Gasteiger partial charge in [-0.25, -0.2) is 8.42 Å². The lowest BCUT2D eigenvalue weighted by molar-refractivity contribution is -0.145. The number of aliphatic carboxylic acids is 2. The van der Waals surface area contributed by atoms with Crippen LogP contribution < -0.4 is 4.72 Å². The lowest BCUT2D eigenvalue weighted by Crippen LogP contribution is -2.42. The molecule has 0 aliphatic heterocycles. The molecule has 0 radical (unpaired) electrons. The van der Waals surface area contributed by atoms with Gasteiger partial charge >= 0.3 is 11.9 Å². The van der Waals surface area contributed by atoms with Crippen molar-refractivity contribution in [2.45, 2.75) is 12.5 Å². The standard InChI is InChI=1S/C6H8N2O6S/c7-1-2-15(13,14)8-4(6(11)12)3-5(9)10/h4,8H,2-3H2,(H,9,10)(H,11,12). The van der Waals surface area contributed by atoms with Crippen LogP contribution in [0, 0.1) is 11.3 Å². The van der Waals surface area contributed by atoms with Crippen LogP contribution in [0.25, 0.3) is 0 Å². The number of nitrogens with one attached hydrogen (secondary N) is 1. The van der Waals surface area contributed by atoms with E-state index in [4.69, 9.17) is 15.5 Å². The monoisotopic (exact) mass is 236 g/mol. The molecule has 0 amide bonds. The summed E-state index contributed by atoms with van der Waals surface area (Å²) < 4.78 is 23.5. The lowest BCUT2D eigenvalue weighted by atomic mass is 10.2. The topological polar surface area (TPSA) is 145 Å². The molecule has 15 heavy (non-hydrogen) atoms. The summed E-state index contributed by atoms with van der Waals surface area (Å²) in [4.78, 5) is 20.6. The highest BCUT2D eigenvalue weighted by molar-refractivity contribution is 7.89. The highest BCUT2D eigenvalue weighted by Gasteiger charge is 2.26. The zero-order chi connectivity index (χ0) is 12.1. The van der Waals surface area contributed by atoms with E-state index in [0.29, 0.717) is 0 Å². The van der Waals surface area contributed by atoms with Gasteiger partial charge in [-0.15, -0.1) is 0 Å². The summed E-state index contributed by atoms with van der Waals surface area (Å²) in [6, 6.07) is -0.448. The number of nitriles is 1. The minimum atomic E-state index is -4.08. The van der Waals surface area contributed by atoms with E-state index >= 15 is 0 Å². The normalized spacial score (nSPS) is 12.7. The Morgan fingerprint density at radius 3 is 2.27 bits per heavy atom. The van der Waals surface area contributed by atoms with Gasteiger partial charge in [0.2, 0.25) is 10.0 Å². The number of carbonyl (C=O) groups is 2. The molecule has 8 nitrogen and oxygen atoms in total. The maximum Gasteiger partial charge on any atom is 0.322 e. The Balaban J connectivity index is 4.64. The molecule has 0 bridgehead atoms. The van der Waals surface area contributed by atoms with E-state index in [1.165, 1.54) is 6.07 Å². The second-order valence-electron chi connectivity index (χ2n) is 2.52. The van der Waals surface area contributed by atoms with Crippen molar-refractivity contribution in [2.24, 2.45) is 0 Å². The molecule has 0 rings (SSSR count). The molecule has 0 aromatic rings. The van der Waals surface area contributed by atoms with Gasteiger partial charge in [0.15, 0.2) is 5.75 Å². The Kier molecular flexibility index (Phi) is 4.69. The van der Waals surface area contributed by atoms with Crippen LogP contribution in [0.2, 0.25) is 0 Å². The molecule has 0 aromatic heterocycles. The van der Waals surface area contributed by atoms with Crippen molar-refractivity contribution in [2.75, 3.05) is 5.75 Å². The third-order valence-electron chi connectivity index (χ3n) is 1.25. The Bertz CT molecular complexity index is 394. The third-order valence-corrected chi connectivity index (χ3v) is 2.41. The predicted octanol–water partition coefficient (Wildman–Crippen LogP) is -1.64. The van der Waals surface area contributed by atoms with Crippen LogP contribution in [0.15, 0.2) is 0 Å². The number of rotatable bonds is 6. The van der Waals surface area contributed by atoms with E-state index in [0.717, 1.165) is 0 Å². The summed E-state index contributed by atoms with van der Waals surface area (Å²) >= 11 is 0. The van der Waals surface area contributed by atoms with Crippen molar-refractivity contribution in [3.05, 3.63) is 0 Å². The average molecular weight is 236 g/mol. The molecule has 0 aliphatic rings. The second kappa shape index (κ2) is 5.28. The van der Waals surface area contributed by atoms with E-state index in [9.17, 15) is 18.0 Å². The molecule has 1 unspecified atom stereocenters. The van der Waals surface area contributed by atoms with E-state index in [2.05, 4.69) is 0 Å². The summed E-state index contributed by atoms with van der Waals surface area (Å²) in [6.07, 6.45) is -0.889. The van der Waals surface area contributed by atoms with Crippen molar-refractivity contribution in [3.8, 4) is 6.07 Å². The molecule has 0 saturated heterocycles. The maximum atomic E-state index is 10.9. The van der Waals surface area contributed by atoms with Crippen molar-refractivity contribution < 1.29 is 28.2 Å². The van der Waals surface area contributed by atoms with Crippen molar-refractivity contribution >= 4 is 22.0 Å². The molecule has 0 aliphatic carbocycles. The van der Waals surface area contributed by atoms with E-state index in [1.54, 1.807) is 4.72 Å². The van der Waals surface area contributed by atoms with Crippen molar-refractivity contribution in [3.63, 3.8) is 0 Å². The SMILES string of the molecule is N#CCS(=O)(=O)NC(CC(=O)O)C(=O)O. The number of hydrogen-bond donors (Lipinski definition) is 3. The molecular weight excluding hydrogens is 228 g/mol. The molecule has 0 saturated carbocycles. The smallest absolute Gasteiger partial charge is 0.322 e. The summed E-state index contributed by atoms with van der Waals surface area (Å²) in [7, 11) is -4.08. The summed E-state index contributed by atoms with van der Waals surface area (Å²) in [5, 5.41) is 24.9. The van der Waals surface area contributed by atoms with Gasteiger partial charge < -0.3 is 10.2 Å². The first-order valence-electron chi connectivity index (χ1n) is 3.60. The molecule has 3 N–H and O–H groups in total. The van der Waals surface area contributed by atoms with Crippen LogP contribution in [0.5, 0.6) is 0 Å². The first-order chi connectivity index (χ1) is 6.78. The molecule has 84 valence electrons. The first-order valence-corrected chi connectivity index (χ1v) is 5.25. The number of carboxylic acid groups (broad SMARTS) is 2. The largest absolute Gasteiger partial charge is 0.481 e. The Hall–Kier alpha value is -1.66. The molecule has 0 spiro atoms. The zero-order valence-electron chi connectivity index (χ0n) is 7.37. The van der Waals surface area contributed by atoms with Crippen molar-refractivity contribution in [1.82, 2.24) is 4.72 Å². The summed E-state index contributed by atoms with van der Waals surface area (Å²) in [5.74, 6) is -3.99. The number of carboxylic acids is 2. The van der Waals surface area contributed by atoms with Gasteiger partial charge in [0.05, 0.1) is 12.5 Å². The van der Waals surface area contributed by atoms with Gasteiger partial charge in [0.1, 0.15) is 6.04 Å². The summed E-state index contributed by atoms with van der Waals surface area (Å²) in [5.41, 5.74) is 0. The number of nitrogens with zero attached hydrogens (tertiary/aromatic N) is 1. The van der Waals surface area contributed by atoms with E-state index < -0.39 is 40.2 Å². The van der Waals surface area contributed by atoms with E-state index in [-0.39, 0.29) is 0 Å². The van der Waals surface area contributed by atoms with Crippen LogP contribution in [-0.4, -0.2) is 42.4 Å². The van der Waals surface area contributed by atoms with Crippen LogP contribution in [-0.2, 0) is 19.6 Å². The van der Waals surface area contributed by atoms with Crippen LogP contribution >= 0.6 is 0 Å². The fourth-order valence-corrected chi connectivity index (χ4v) is 1.57. The van der Waals surface area contributed by atoms with Crippen LogP contribution in [0.4, 0.5) is 0 Å². The van der Waals surface area contributed by atoms with Crippen LogP contribution in [0.3, 0.4) is 0 Å². The molecule has 1 atom stereocenters. The minimum absolute atomic E-state index is 0.889. The molecule has 0 fully saturated rings.